The van der Waals surface area contributed by atoms with Gasteiger partial charge in [0.15, 0.2) is 5.16 Å². The zero-order valence-corrected chi connectivity index (χ0v) is 17.8. The normalized spacial score (nSPS) is 16.7. The first-order valence-electron chi connectivity index (χ1n) is 9.90. The summed E-state index contributed by atoms with van der Waals surface area (Å²) in [7, 11) is 0. The Hall–Kier alpha value is -1.73. The number of amides is 1. The number of carbonyl (C=O) groups is 1. The van der Waals surface area contributed by atoms with E-state index in [1.165, 1.54) is 24.6 Å². The van der Waals surface area contributed by atoms with Crippen molar-refractivity contribution in [2.45, 2.75) is 49.1 Å². The van der Waals surface area contributed by atoms with Gasteiger partial charge in [0.2, 0.25) is 5.91 Å². The molecule has 5 nitrogen and oxygen atoms in total. The van der Waals surface area contributed by atoms with Crippen LogP contribution in [0.5, 0.6) is 0 Å². The molecule has 7 heteroatoms. The largest absolute Gasteiger partial charge is 0.342 e. The summed E-state index contributed by atoms with van der Waals surface area (Å²) >= 11 is 2.97. The van der Waals surface area contributed by atoms with Gasteiger partial charge in [-0.1, -0.05) is 42.3 Å². The number of aromatic nitrogens is 2. The van der Waals surface area contributed by atoms with Gasteiger partial charge >= 0.3 is 0 Å². The lowest BCUT2D eigenvalue weighted by atomic mass is 10.2. The van der Waals surface area contributed by atoms with Crippen molar-refractivity contribution in [3.8, 4) is 5.69 Å². The first kappa shape index (κ1) is 19.6. The highest BCUT2D eigenvalue weighted by Crippen LogP contribution is 2.30. The van der Waals surface area contributed by atoms with Crippen LogP contribution in [0.4, 0.5) is 0 Å². The average molecular weight is 416 g/mol. The Morgan fingerprint density at radius 1 is 1.14 bits per heavy atom. The van der Waals surface area contributed by atoms with Crippen molar-refractivity contribution in [3.05, 3.63) is 45.9 Å². The van der Waals surface area contributed by atoms with Gasteiger partial charge in [-0.05, 0) is 31.9 Å². The van der Waals surface area contributed by atoms with Crippen LogP contribution in [0.1, 0.15) is 36.9 Å². The summed E-state index contributed by atoms with van der Waals surface area (Å²) in [6.45, 7) is 3.72. The van der Waals surface area contributed by atoms with Gasteiger partial charge in [0.05, 0.1) is 22.0 Å². The maximum absolute atomic E-state index is 13.2. The van der Waals surface area contributed by atoms with Gasteiger partial charge in [-0.3, -0.25) is 14.2 Å². The Balaban J connectivity index is 1.62. The molecule has 1 saturated heterocycles. The topological polar surface area (TPSA) is 55.2 Å². The Morgan fingerprint density at radius 3 is 2.57 bits per heavy atom. The van der Waals surface area contributed by atoms with Crippen molar-refractivity contribution >= 4 is 29.4 Å². The first-order chi connectivity index (χ1) is 13.6. The zero-order chi connectivity index (χ0) is 19.5. The molecule has 0 atom stereocenters. The lowest BCUT2D eigenvalue weighted by Gasteiger charge is -2.20. The smallest absolute Gasteiger partial charge is 0.272 e. The van der Waals surface area contributed by atoms with Gasteiger partial charge in [0.25, 0.3) is 5.56 Å². The molecule has 28 heavy (non-hydrogen) atoms. The van der Waals surface area contributed by atoms with E-state index >= 15 is 0 Å². The monoisotopic (exact) mass is 415 g/mol. The summed E-state index contributed by atoms with van der Waals surface area (Å²) in [6, 6.07) is 7.90. The Morgan fingerprint density at radius 2 is 1.86 bits per heavy atom. The highest BCUT2D eigenvalue weighted by molar-refractivity contribution is 8.00. The average Bonchev–Trinajstić information content (AvgIpc) is 3.00. The third-order valence-corrected chi connectivity index (χ3v) is 7.27. The van der Waals surface area contributed by atoms with Crippen LogP contribution in [-0.4, -0.2) is 45.0 Å². The second-order valence-corrected chi connectivity index (χ2v) is 9.38. The van der Waals surface area contributed by atoms with Crippen molar-refractivity contribution < 1.29 is 4.79 Å². The molecule has 1 aromatic carbocycles. The highest BCUT2D eigenvalue weighted by Gasteiger charge is 2.24. The summed E-state index contributed by atoms with van der Waals surface area (Å²) < 4.78 is 1.68. The van der Waals surface area contributed by atoms with Crippen molar-refractivity contribution in [2.75, 3.05) is 24.6 Å². The molecule has 2 aliphatic heterocycles. The maximum atomic E-state index is 13.2. The predicted molar refractivity (Wildman–Crippen MR) is 115 cm³/mol. The predicted octanol–water partition coefficient (Wildman–Crippen LogP) is 3.68. The Kier molecular flexibility index (Phi) is 6.11. The number of thioether (sulfide) groups is 2. The molecule has 0 spiro atoms. The van der Waals surface area contributed by atoms with Gasteiger partial charge in [-0.2, -0.15) is 0 Å². The van der Waals surface area contributed by atoms with E-state index in [2.05, 4.69) is 0 Å². The van der Waals surface area contributed by atoms with Gasteiger partial charge in [0, 0.05) is 25.3 Å². The number of likely N-dealkylation sites (tertiary alicyclic amines) is 1. The van der Waals surface area contributed by atoms with Gasteiger partial charge in [-0.25, -0.2) is 4.98 Å². The maximum Gasteiger partial charge on any atom is 0.272 e. The SMILES string of the molecule is Cc1ccc(-n2c(SCC(=O)N3CCCCCC3)nc3c(c2=O)SCC3)cc1. The van der Waals surface area contributed by atoms with E-state index in [1.54, 1.807) is 16.3 Å². The molecule has 2 aliphatic rings. The number of hydrogen-bond acceptors (Lipinski definition) is 5. The van der Waals surface area contributed by atoms with Crippen LogP contribution >= 0.6 is 23.5 Å². The molecule has 3 heterocycles. The first-order valence-corrected chi connectivity index (χ1v) is 11.9. The molecular formula is C21H25N3O2S2. The third kappa shape index (κ3) is 4.15. The van der Waals surface area contributed by atoms with Gasteiger partial charge in [-0.15, -0.1) is 11.8 Å². The van der Waals surface area contributed by atoms with Crippen LogP contribution in [0.15, 0.2) is 39.1 Å². The highest BCUT2D eigenvalue weighted by atomic mass is 32.2. The lowest BCUT2D eigenvalue weighted by Crippen LogP contribution is -2.33. The lowest BCUT2D eigenvalue weighted by molar-refractivity contribution is -0.128. The minimum atomic E-state index is -0.0129. The number of rotatable bonds is 4. The van der Waals surface area contributed by atoms with Crippen molar-refractivity contribution in [2.24, 2.45) is 0 Å². The van der Waals surface area contributed by atoms with E-state index in [-0.39, 0.29) is 11.5 Å². The minimum Gasteiger partial charge on any atom is -0.342 e. The molecule has 0 bridgehead atoms. The van der Waals surface area contributed by atoms with Crippen LogP contribution < -0.4 is 5.56 Å². The molecule has 1 aromatic heterocycles. The van der Waals surface area contributed by atoms with E-state index in [0.29, 0.717) is 10.9 Å². The fourth-order valence-electron chi connectivity index (χ4n) is 3.65. The van der Waals surface area contributed by atoms with E-state index in [9.17, 15) is 9.59 Å². The second-order valence-electron chi connectivity index (χ2n) is 7.33. The molecule has 0 aliphatic carbocycles. The Bertz CT molecular complexity index is 916. The number of aryl methyl sites for hydroxylation is 2. The molecule has 2 aromatic rings. The molecule has 1 fully saturated rings. The van der Waals surface area contributed by atoms with Crippen molar-refractivity contribution in [1.82, 2.24) is 14.5 Å². The molecule has 0 unspecified atom stereocenters. The van der Waals surface area contributed by atoms with Crippen LogP contribution in [0, 0.1) is 6.92 Å². The second kappa shape index (κ2) is 8.74. The van der Waals surface area contributed by atoms with Crippen LogP contribution in [-0.2, 0) is 11.2 Å². The van der Waals surface area contributed by atoms with Gasteiger partial charge in [0.1, 0.15) is 0 Å². The summed E-state index contributed by atoms with van der Waals surface area (Å²) in [6.07, 6.45) is 5.39. The van der Waals surface area contributed by atoms with Crippen LogP contribution in [0.3, 0.4) is 0 Å². The molecule has 0 saturated carbocycles. The molecule has 0 N–H and O–H groups in total. The van der Waals surface area contributed by atoms with Crippen LogP contribution in [0.2, 0.25) is 0 Å². The minimum absolute atomic E-state index is 0.0129. The molecule has 1 amide bonds. The molecular weight excluding hydrogens is 390 g/mol. The zero-order valence-electron chi connectivity index (χ0n) is 16.1. The van der Waals surface area contributed by atoms with Crippen molar-refractivity contribution in [1.29, 1.82) is 0 Å². The number of hydrogen-bond donors (Lipinski definition) is 0. The summed E-state index contributed by atoms with van der Waals surface area (Å²) in [5.74, 6) is 1.36. The number of nitrogens with zero attached hydrogens (tertiary/aromatic N) is 3. The van der Waals surface area contributed by atoms with E-state index in [0.717, 1.165) is 59.9 Å². The quantitative estimate of drug-likeness (QED) is 0.563. The fourth-order valence-corrected chi connectivity index (χ4v) is 5.60. The number of carbonyl (C=O) groups excluding carboxylic acids is 1. The number of benzene rings is 1. The van der Waals surface area contributed by atoms with Gasteiger partial charge < -0.3 is 4.90 Å². The molecule has 4 rings (SSSR count). The van der Waals surface area contributed by atoms with E-state index in [1.807, 2.05) is 36.1 Å². The van der Waals surface area contributed by atoms with Crippen LogP contribution in [0.25, 0.3) is 5.69 Å². The summed E-state index contributed by atoms with van der Waals surface area (Å²) in [5, 5.41) is 0.623. The molecule has 148 valence electrons. The molecule has 0 radical (unpaired) electrons. The standard InChI is InChI=1S/C21H25N3O2S2/c1-15-6-8-16(9-7-15)24-20(26)19-17(10-13-27-19)22-21(24)28-14-18(25)23-11-4-2-3-5-12-23/h6-9H,2-5,10-14H2,1H3. The summed E-state index contributed by atoms with van der Waals surface area (Å²) in [4.78, 5) is 33.4. The number of fused-ring (bicyclic) bond motifs is 1. The van der Waals surface area contributed by atoms with E-state index < -0.39 is 0 Å². The fraction of sp³-hybridized carbons (Fsp3) is 0.476. The van der Waals surface area contributed by atoms with Crippen molar-refractivity contribution in [3.63, 3.8) is 0 Å². The Labute approximate surface area is 173 Å². The summed E-state index contributed by atoms with van der Waals surface area (Å²) in [5.41, 5.74) is 2.82. The third-order valence-electron chi connectivity index (χ3n) is 5.24. The van der Waals surface area contributed by atoms with E-state index in [4.69, 9.17) is 4.98 Å².